The van der Waals surface area contributed by atoms with E-state index < -0.39 is 0 Å². The highest BCUT2D eigenvalue weighted by Crippen LogP contribution is 2.45. The number of piperazine rings is 1. The molecule has 1 saturated heterocycles. The van der Waals surface area contributed by atoms with E-state index in [1.54, 1.807) is 33.4 Å². The van der Waals surface area contributed by atoms with Crippen LogP contribution in [0.4, 0.5) is 10.2 Å². The SMILES string of the molecule is C=CC(=O)N1CCN(c2nc(=O)n3c4c(c(-c5ccc(F)cc5)c(Cl)cc24)SCC(NCCC)C3)CC1. The third-order valence-electron chi connectivity index (χ3n) is 6.86. The highest BCUT2D eigenvalue weighted by atomic mass is 35.5. The Hall–Kier alpha value is -2.88. The van der Waals surface area contributed by atoms with Gasteiger partial charge < -0.3 is 15.1 Å². The molecule has 3 aromatic rings. The molecule has 2 aliphatic rings. The summed E-state index contributed by atoms with van der Waals surface area (Å²) >= 11 is 8.59. The van der Waals surface area contributed by atoms with Crippen LogP contribution in [0.15, 0.2) is 52.7 Å². The lowest BCUT2D eigenvalue weighted by molar-refractivity contribution is -0.126. The number of amides is 1. The number of hydrogen-bond donors (Lipinski definition) is 1. The van der Waals surface area contributed by atoms with Gasteiger partial charge in [-0.3, -0.25) is 9.36 Å². The second kappa shape index (κ2) is 10.8. The summed E-state index contributed by atoms with van der Waals surface area (Å²) in [5.74, 6) is 0.912. The number of nitrogens with one attached hydrogen (secondary N) is 1. The van der Waals surface area contributed by atoms with E-state index in [0.717, 1.165) is 45.6 Å². The molecule has 3 heterocycles. The quantitative estimate of drug-likeness (QED) is 0.473. The molecule has 1 aromatic heterocycles. The fourth-order valence-electron chi connectivity index (χ4n) is 4.99. The number of hydrogen-bond acceptors (Lipinski definition) is 6. The van der Waals surface area contributed by atoms with Gasteiger partial charge in [0.2, 0.25) is 5.91 Å². The van der Waals surface area contributed by atoms with Crippen molar-refractivity contribution < 1.29 is 9.18 Å². The van der Waals surface area contributed by atoms with Crippen LogP contribution < -0.4 is 15.9 Å². The molecule has 1 atom stereocenters. The normalized spacial score (nSPS) is 17.6. The van der Waals surface area contributed by atoms with E-state index >= 15 is 0 Å². The number of aromatic nitrogens is 2. The lowest BCUT2D eigenvalue weighted by Gasteiger charge is -2.35. The van der Waals surface area contributed by atoms with Crippen molar-refractivity contribution in [1.29, 1.82) is 0 Å². The van der Waals surface area contributed by atoms with Crippen LogP contribution in [0, 0.1) is 5.82 Å². The summed E-state index contributed by atoms with van der Waals surface area (Å²) in [4.78, 5) is 34.8. The number of anilines is 1. The molecule has 1 unspecified atom stereocenters. The molecule has 5 rings (SSSR count). The Bertz CT molecular complexity index is 1400. The van der Waals surface area contributed by atoms with Crippen molar-refractivity contribution in [3.63, 3.8) is 0 Å². The van der Waals surface area contributed by atoms with E-state index in [-0.39, 0.29) is 23.5 Å². The zero-order valence-corrected chi connectivity index (χ0v) is 22.2. The average Bonchev–Trinajstić information content (AvgIpc) is 3.10. The first-order valence-corrected chi connectivity index (χ1v) is 13.8. The van der Waals surface area contributed by atoms with Crippen molar-refractivity contribution in [2.75, 3.05) is 43.4 Å². The molecule has 194 valence electrons. The van der Waals surface area contributed by atoms with Crippen LogP contribution in [0.2, 0.25) is 5.02 Å². The van der Waals surface area contributed by atoms with E-state index in [4.69, 9.17) is 11.6 Å². The Morgan fingerprint density at radius 3 is 2.68 bits per heavy atom. The molecule has 0 saturated carbocycles. The zero-order chi connectivity index (χ0) is 26.1. The maximum Gasteiger partial charge on any atom is 0.350 e. The highest BCUT2D eigenvalue weighted by molar-refractivity contribution is 7.99. The summed E-state index contributed by atoms with van der Waals surface area (Å²) < 4.78 is 15.5. The molecule has 1 fully saturated rings. The summed E-state index contributed by atoms with van der Waals surface area (Å²) in [6, 6.07) is 8.24. The van der Waals surface area contributed by atoms with Crippen molar-refractivity contribution in [2.24, 2.45) is 0 Å². The van der Waals surface area contributed by atoms with E-state index in [2.05, 4.69) is 23.8 Å². The van der Waals surface area contributed by atoms with Gasteiger partial charge in [0.1, 0.15) is 11.6 Å². The van der Waals surface area contributed by atoms with Crippen LogP contribution in [-0.2, 0) is 11.3 Å². The minimum Gasteiger partial charge on any atom is -0.352 e. The van der Waals surface area contributed by atoms with Gasteiger partial charge >= 0.3 is 5.69 Å². The average molecular weight is 542 g/mol. The summed E-state index contributed by atoms with van der Waals surface area (Å²) in [6.45, 7) is 9.16. The Balaban J connectivity index is 1.67. The van der Waals surface area contributed by atoms with Crippen molar-refractivity contribution >= 4 is 46.0 Å². The van der Waals surface area contributed by atoms with Crippen molar-refractivity contribution in [3.8, 4) is 11.1 Å². The standard InChI is InChI=1S/C27H29ClFN5O2S/c1-3-9-30-19-15-34-24-20(26(31-27(34)36)33-12-10-32(11-13-33)22(35)4-2)14-21(28)23(25(24)37-16-19)17-5-7-18(29)8-6-17/h4-8,14,19,30H,2-3,9-13,15-16H2,1H3. The Morgan fingerprint density at radius 1 is 1.27 bits per heavy atom. The number of thioether (sulfide) groups is 1. The first kappa shape index (κ1) is 25.8. The van der Waals surface area contributed by atoms with Gasteiger partial charge in [-0.05, 0) is 42.8 Å². The van der Waals surface area contributed by atoms with Gasteiger partial charge in [-0.15, -0.1) is 11.8 Å². The van der Waals surface area contributed by atoms with Crippen LogP contribution in [0.25, 0.3) is 22.0 Å². The van der Waals surface area contributed by atoms with Gasteiger partial charge in [0.25, 0.3) is 0 Å². The van der Waals surface area contributed by atoms with Gasteiger partial charge in [0, 0.05) is 60.4 Å². The maximum atomic E-state index is 13.7. The van der Waals surface area contributed by atoms with Crippen molar-refractivity contribution in [3.05, 3.63) is 64.3 Å². The van der Waals surface area contributed by atoms with Gasteiger partial charge in [0.15, 0.2) is 0 Å². The predicted octanol–water partition coefficient (Wildman–Crippen LogP) is 4.16. The minimum absolute atomic E-state index is 0.0826. The topological polar surface area (TPSA) is 70.5 Å². The smallest absolute Gasteiger partial charge is 0.350 e. The third kappa shape index (κ3) is 5.00. The Morgan fingerprint density at radius 2 is 2.00 bits per heavy atom. The molecular formula is C27H29ClFN5O2S. The molecular weight excluding hydrogens is 513 g/mol. The van der Waals surface area contributed by atoms with E-state index in [1.165, 1.54) is 18.2 Å². The van der Waals surface area contributed by atoms with Crippen LogP contribution in [0.5, 0.6) is 0 Å². The van der Waals surface area contributed by atoms with Crippen LogP contribution in [-0.4, -0.2) is 64.9 Å². The summed E-state index contributed by atoms with van der Waals surface area (Å²) in [7, 11) is 0. The number of halogens is 2. The number of nitrogens with zero attached hydrogens (tertiary/aromatic N) is 4. The Labute approximate surface area is 224 Å². The lowest BCUT2D eigenvalue weighted by Crippen LogP contribution is -2.49. The molecule has 1 N–H and O–H groups in total. The van der Waals surface area contributed by atoms with E-state index in [1.807, 2.05) is 11.0 Å². The van der Waals surface area contributed by atoms with Crippen LogP contribution in [0.3, 0.4) is 0 Å². The molecule has 2 aromatic carbocycles. The number of carbonyl (C=O) groups excluding carboxylic acids is 1. The molecule has 1 amide bonds. The fourth-order valence-corrected chi connectivity index (χ4v) is 6.68. The highest BCUT2D eigenvalue weighted by Gasteiger charge is 2.29. The minimum atomic E-state index is -0.319. The molecule has 0 bridgehead atoms. The second-order valence-corrected chi connectivity index (χ2v) is 10.7. The number of rotatable bonds is 6. The zero-order valence-electron chi connectivity index (χ0n) is 20.7. The second-order valence-electron chi connectivity index (χ2n) is 9.27. The molecule has 2 aliphatic heterocycles. The molecule has 10 heteroatoms. The van der Waals surface area contributed by atoms with Gasteiger partial charge in [-0.2, -0.15) is 4.98 Å². The number of benzene rings is 2. The van der Waals surface area contributed by atoms with E-state index in [0.29, 0.717) is 43.6 Å². The van der Waals surface area contributed by atoms with Crippen LogP contribution >= 0.6 is 23.4 Å². The number of carbonyl (C=O) groups is 1. The monoisotopic (exact) mass is 541 g/mol. The van der Waals surface area contributed by atoms with E-state index in [9.17, 15) is 14.0 Å². The van der Waals surface area contributed by atoms with Gasteiger partial charge in [0.05, 0.1) is 10.5 Å². The fraction of sp³-hybridized carbons (Fsp3) is 0.370. The van der Waals surface area contributed by atoms with Gasteiger partial charge in [-0.1, -0.05) is 37.2 Å². The molecule has 37 heavy (non-hydrogen) atoms. The summed E-state index contributed by atoms with van der Waals surface area (Å²) in [5.41, 5.74) is 2.08. The van der Waals surface area contributed by atoms with Crippen molar-refractivity contribution in [2.45, 2.75) is 30.8 Å². The van der Waals surface area contributed by atoms with Crippen LogP contribution in [0.1, 0.15) is 13.3 Å². The largest absolute Gasteiger partial charge is 0.352 e. The third-order valence-corrected chi connectivity index (χ3v) is 8.42. The molecule has 0 aliphatic carbocycles. The molecule has 0 spiro atoms. The molecule has 0 radical (unpaired) electrons. The lowest BCUT2D eigenvalue weighted by atomic mass is 10.0. The predicted molar refractivity (Wildman–Crippen MR) is 148 cm³/mol. The summed E-state index contributed by atoms with van der Waals surface area (Å²) in [5, 5.41) is 4.88. The van der Waals surface area contributed by atoms with Crippen molar-refractivity contribution in [1.82, 2.24) is 19.8 Å². The first-order chi connectivity index (χ1) is 17.9. The maximum absolute atomic E-state index is 13.7. The first-order valence-electron chi connectivity index (χ1n) is 12.5. The molecule has 7 nitrogen and oxygen atoms in total. The Kier molecular flexibility index (Phi) is 7.55. The van der Waals surface area contributed by atoms with Gasteiger partial charge in [-0.25, -0.2) is 9.18 Å². The summed E-state index contributed by atoms with van der Waals surface area (Å²) in [6.07, 6.45) is 2.31.